The molecular formula is C12H28N2O4. The van der Waals surface area contributed by atoms with Crippen molar-refractivity contribution in [2.45, 2.75) is 0 Å². The van der Waals surface area contributed by atoms with E-state index in [1.54, 1.807) is 0 Å². The highest BCUT2D eigenvalue weighted by molar-refractivity contribution is 4.49. The average molecular weight is 264 g/mol. The van der Waals surface area contributed by atoms with Crippen molar-refractivity contribution in [3.05, 3.63) is 0 Å². The number of hydrogen-bond acceptors (Lipinski definition) is 6. The number of aliphatic hydroxyl groups excluding tert-OH is 2. The van der Waals surface area contributed by atoms with Gasteiger partial charge in [-0.25, -0.2) is 0 Å². The smallest absolute Gasteiger partial charge is 0.0701 e. The van der Waals surface area contributed by atoms with E-state index in [0.29, 0.717) is 39.5 Å². The van der Waals surface area contributed by atoms with Crippen LogP contribution in [0.4, 0.5) is 0 Å². The number of likely N-dealkylation sites (N-methyl/N-ethyl adjacent to an activating group) is 2. The molecule has 2 N–H and O–H groups in total. The molecule has 0 aromatic heterocycles. The monoisotopic (exact) mass is 264 g/mol. The lowest BCUT2D eigenvalue weighted by atomic mass is 10.5. The number of ether oxygens (including phenoxy) is 2. The van der Waals surface area contributed by atoms with Crippen LogP contribution < -0.4 is 0 Å². The summed E-state index contributed by atoms with van der Waals surface area (Å²) in [7, 11) is 3.90. The molecular weight excluding hydrogens is 236 g/mol. The lowest BCUT2D eigenvalue weighted by molar-refractivity contribution is 0.0330. The molecule has 0 radical (unpaired) electrons. The molecule has 0 bridgehead atoms. The van der Waals surface area contributed by atoms with E-state index in [9.17, 15) is 0 Å². The van der Waals surface area contributed by atoms with Crippen LogP contribution >= 0.6 is 0 Å². The minimum absolute atomic E-state index is 0.182. The summed E-state index contributed by atoms with van der Waals surface area (Å²) in [5, 5.41) is 17.4. The number of rotatable bonds is 13. The normalized spacial score (nSPS) is 11.7. The van der Waals surface area contributed by atoms with Crippen molar-refractivity contribution in [2.24, 2.45) is 0 Å². The van der Waals surface area contributed by atoms with Crippen LogP contribution in [0.15, 0.2) is 0 Å². The van der Waals surface area contributed by atoms with E-state index >= 15 is 0 Å². The van der Waals surface area contributed by atoms with Gasteiger partial charge in [-0.1, -0.05) is 0 Å². The van der Waals surface area contributed by atoms with Gasteiger partial charge in [-0.2, -0.15) is 0 Å². The largest absolute Gasteiger partial charge is 0.395 e. The van der Waals surface area contributed by atoms with E-state index in [-0.39, 0.29) is 13.2 Å². The lowest BCUT2D eigenvalue weighted by Crippen LogP contribution is -2.27. The van der Waals surface area contributed by atoms with Crippen LogP contribution in [0.1, 0.15) is 0 Å². The molecule has 0 heterocycles. The fourth-order valence-electron chi connectivity index (χ4n) is 1.33. The minimum atomic E-state index is 0.182. The van der Waals surface area contributed by atoms with Gasteiger partial charge in [-0.05, 0) is 14.1 Å². The Hall–Kier alpha value is -0.240. The highest BCUT2D eigenvalue weighted by Crippen LogP contribution is 1.85. The van der Waals surface area contributed by atoms with Crippen molar-refractivity contribution in [1.82, 2.24) is 9.80 Å². The summed E-state index contributed by atoms with van der Waals surface area (Å²) in [6.45, 7) is 5.86. The Morgan fingerprint density at radius 3 is 1.39 bits per heavy atom. The second kappa shape index (κ2) is 13.2. The third-order valence-electron chi connectivity index (χ3n) is 2.57. The lowest BCUT2D eigenvalue weighted by Gasteiger charge is -2.16. The predicted octanol–water partition coefficient (Wildman–Crippen LogP) is -1.13. The molecule has 110 valence electrons. The molecule has 0 atom stereocenters. The third kappa shape index (κ3) is 12.2. The van der Waals surface area contributed by atoms with Crippen LogP contribution in [-0.4, -0.2) is 99.9 Å². The van der Waals surface area contributed by atoms with Gasteiger partial charge in [-0.15, -0.1) is 0 Å². The molecule has 0 fully saturated rings. The summed E-state index contributed by atoms with van der Waals surface area (Å²) in [6, 6.07) is 0. The Kier molecular flexibility index (Phi) is 13.0. The summed E-state index contributed by atoms with van der Waals surface area (Å²) in [5.74, 6) is 0. The molecule has 0 unspecified atom stereocenters. The predicted molar refractivity (Wildman–Crippen MR) is 70.8 cm³/mol. The van der Waals surface area contributed by atoms with Crippen LogP contribution in [0.25, 0.3) is 0 Å². The SMILES string of the molecule is CN(CCO)CCOCCOCCN(C)CCO. The first kappa shape index (κ1) is 17.8. The Morgan fingerprint density at radius 1 is 0.667 bits per heavy atom. The molecule has 0 aromatic rings. The van der Waals surface area contributed by atoms with Gasteiger partial charge in [0.15, 0.2) is 0 Å². The maximum atomic E-state index is 8.70. The minimum Gasteiger partial charge on any atom is -0.395 e. The van der Waals surface area contributed by atoms with Crippen molar-refractivity contribution in [3.63, 3.8) is 0 Å². The fourth-order valence-corrected chi connectivity index (χ4v) is 1.33. The molecule has 18 heavy (non-hydrogen) atoms. The van der Waals surface area contributed by atoms with Gasteiger partial charge in [0.05, 0.1) is 39.6 Å². The number of hydrogen-bond donors (Lipinski definition) is 2. The van der Waals surface area contributed by atoms with Gasteiger partial charge in [0.1, 0.15) is 0 Å². The first-order valence-corrected chi connectivity index (χ1v) is 6.45. The third-order valence-corrected chi connectivity index (χ3v) is 2.57. The summed E-state index contributed by atoms with van der Waals surface area (Å²) in [5.41, 5.74) is 0. The summed E-state index contributed by atoms with van der Waals surface area (Å²) in [6.07, 6.45) is 0. The topological polar surface area (TPSA) is 65.4 Å². The Labute approximate surface area is 110 Å². The first-order valence-electron chi connectivity index (χ1n) is 6.45. The van der Waals surface area contributed by atoms with Crippen molar-refractivity contribution in [2.75, 3.05) is 79.9 Å². The van der Waals surface area contributed by atoms with E-state index in [0.717, 1.165) is 13.1 Å². The molecule has 6 nitrogen and oxygen atoms in total. The first-order chi connectivity index (χ1) is 8.70. The van der Waals surface area contributed by atoms with Crippen molar-refractivity contribution >= 4 is 0 Å². The maximum Gasteiger partial charge on any atom is 0.0701 e. The molecule has 0 spiro atoms. The van der Waals surface area contributed by atoms with Gasteiger partial charge < -0.3 is 29.5 Å². The second-order valence-corrected chi connectivity index (χ2v) is 4.28. The van der Waals surface area contributed by atoms with Crippen LogP contribution in [0.2, 0.25) is 0 Å². The van der Waals surface area contributed by atoms with Crippen molar-refractivity contribution in [1.29, 1.82) is 0 Å². The Bertz CT molecular complexity index is 154. The van der Waals surface area contributed by atoms with Gasteiger partial charge in [0, 0.05) is 26.2 Å². The summed E-state index contributed by atoms with van der Waals surface area (Å²) >= 11 is 0. The highest BCUT2D eigenvalue weighted by atomic mass is 16.5. The maximum absolute atomic E-state index is 8.70. The Balaban J connectivity index is 3.11. The quantitative estimate of drug-likeness (QED) is 0.410. The van der Waals surface area contributed by atoms with E-state index in [1.165, 1.54) is 0 Å². The van der Waals surface area contributed by atoms with Gasteiger partial charge in [0.25, 0.3) is 0 Å². The summed E-state index contributed by atoms with van der Waals surface area (Å²) < 4.78 is 10.8. The number of nitrogens with zero attached hydrogens (tertiary/aromatic N) is 2. The second-order valence-electron chi connectivity index (χ2n) is 4.28. The molecule has 0 aliphatic heterocycles. The van der Waals surface area contributed by atoms with E-state index in [2.05, 4.69) is 0 Å². The molecule has 0 aliphatic carbocycles. The molecule has 0 aliphatic rings. The molecule has 0 saturated carbocycles. The zero-order valence-corrected chi connectivity index (χ0v) is 11.7. The standard InChI is InChI=1S/C12H28N2O4/c1-13(3-7-15)5-9-17-11-12-18-10-6-14(2)4-8-16/h15-16H,3-12H2,1-2H3. The molecule has 0 rings (SSSR count). The van der Waals surface area contributed by atoms with Crippen LogP contribution in [-0.2, 0) is 9.47 Å². The summed E-state index contributed by atoms with van der Waals surface area (Å²) in [4.78, 5) is 4.04. The average Bonchev–Trinajstić information content (AvgIpc) is 2.33. The molecule has 0 aromatic carbocycles. The van der Waals surface area contributed by atoms with E-state index < -0.39 is 0 Å². The molecule has 0 amide bonds. The zero-order chi connectivity index (χ0) is 13.6. The molecule has 6 heteroatoms. The van der Waals surface area contributed by atoms with Gasteiger partial charge >= 0.3 is 0 Å². The van der Waals surface area contributed by atoms with Gasteiger partial charge in [-0.3, -0.25) is 0 Å². The highest BCUT2D eigenvalue weighted by Gasteiger charge is 1.98. The molecule has 0 saturated heterocycles. The van der Waals surface area contributed by atoms with Crippen LogP contribution in [0.5, 0.6) is 0 Å². The van der Waals surface area contributed by atoms with Crippen molar-refractivity contribution < 1.29 is 19.7 Å². The van der Waals surface area contributed by atoms with Crippen LogP contribution in [0.3, 0.4) is 0 Å². The number of aliphatic hydroxyl groups is 2. The fraction of sp³-hybridized carbons (Fsp3) is 1.00. The van der Waals surface area contributed by atoms with E-state index in [4.69, 9.17) is 19.7 Å². The zero-order valence-electron chi connectivity index (χ0n) is 11.7. The van der Waals surface area contributed by atoms with Crippen LogP contribution in [0, 0.1) is 0 Å². The van der Waals surface area contributed by atoms with Crippen molar-refractivity contribution in [3.8, 4) is 0 Å². The van der Waals surface area contributed by atoms with Gasteiger partial charge in [0.2, 0.25) is 0 Å². The van der Waals surface area contributed by atoms with E-state index in [1.807, 2.05) is 23.9 Å². The Morgan fingerprint density at radius 2 is 1.06 bits per heavy atom.